The van der Waals surface area contributed by atoms with Gasteiger partial charge in [0.25, 0.3) is 5.56 Å². The Hall–Kier alpha value is -4.50. The number of rotatable bonds is 7. The molecule has 6 rings (SSSR count). The number of hydrogen-bond acceptors (Lipinski definition) is 6. The number of nitrogens with zero attached hydrogens (tertiary/aromatic N) is 5. The molecule has 3 heterocycles. The molecule has 1 aliphatic heterocycles. The Morgan fingerprint density at radius 2 is 1.93 bits per heavy atom. The number of carbonyl (C=O) groups is 1. The van der Waals surface area contributed by atoms with E-state index in [1.54, 1.807) is 17.9 Å². The monoisotopic (exact) mass is 579 g/mol. The van der Waals surface area contributed by atoms with Crippen molar-refractivity contribution in [3.05, 3.63) is 93.7 Å². The Morgan fingerprint density at radius 1 is 1.09 bits per heavy atom. The largest absolute Gasteiger partial charge is 0.465 e. The second-order valence-corrected chi connectivity index (χ2v) is 11.7. The van der Waals surface area contributed by atoms with Crippen LogP contribution in [0.5, 0.6) is 0 Å². The molecule has 2 aliphatic rings. The lowest BCUT2D eigenvalue weighted by Gasteiger charge is -2.30. The lowest BCUT2D eigenvalue weighted by molar-refractivity contribution is 0.0735. The van der Waals surface area contributed by atoms with Crippen molar-refractivity contribution in [1.29, 1.82) is 0 Å². The van der Waals surface area contributed by atoms with Gasteiger partial charge in [-0.2, -0.15) is 0 Å². The standard InChI is InChI=1S/C34H37N5O4/c1-37-15-6-9-26-25(20-27-31(32(26)37)36-21-39(33(27)41)29-10-3-4-11-30(29)40)18-23-12-14-35-28(19-23)24-8-5-7-22(17-24)13-16-38(2)34(42)43/h5-9,12,14,17,19-21,29-30,40H,3-4,10-11,13,15-16,18H2,1-2H3,(H,42,43)/t29-,30-/m0/s1. The predicted octanol–water partition coefficient (Wildman–Crippen LogP) is 5.14. The fraction of sp³-hybridized carbons (Fsp3) is 0.353. The van der Waals surface area contributed by atoms with Crippen molar-refractivity contribution in [3.8, 4) is 11.3 Å². The molecule has 1 amide bonds. The van der Waals surface area contributed by atoms with E-state index in [-0.39, 0.29) is 11.6 Å². The van der Waals surface area contributed by atoms with Crippen molar-refractivity contribution in [3.63, 3.8) is 0 Å². The first-order valence-corrected chi connectivity index (χ1v) is 14.9. The van der Waals surface area contributed by atoms with Crippen LogP contribution in [-0.4, -0.2) is 69.0 Å². The van der Waals surface area contributed by atoms with Gasteiger partial charge in [-0.05, 0) is 66.6 Å². The summed E-state index contributed by atoms with van der Waals surface area (Å²) in [5, 5.41) is 20.4. The van der Waals surface area contributed by atoms with Gasteiger partial charge in [-0.1, -0.05) is 43.2 Å². The van der Waals surface area contributed by atoms with Crippen LogP contribution >= 0.6 is 0 Å². The number of aromatic nitrogens is 3. The molecule has 2 aromatic heterocycles. The smallest absolute Gasteiger partial charge is 0.407 e. The Morgan fingerprint density at radius 3 is 2.74 bits per heavy atom. The molecular weight excluding hydrogens is 542 g/mol. The van der Waals surface area contributed by atoms with Crippen LogP contribution in [0, 0.1) is 0 Å². The molecule has 1 saturated carbocycles. The van der Waals surface area contributed by atoms with Crippen LogP contribution in [0.3, 0.4) is 0 Å². The van der Waals surface area contributed by atoms with E-state index in [2.05, 4.69) is 34.2 Å². The highest BCUT2D eigenvalue weighted by molar-refractivity contribution is 5.97. The minimum atomic E-state index is -0.941. The fourth-order valence-electron chi connectivity index (χ4n) is 6.36. The highest BCUT2D eigenvalue weighted by Crippen LogP contribution is 2.36. The summed E-state index contributed by atoms with van der Waals surface area (Å²) < 4.78 is 1.65. The summed E-state index contributed by atoms with van der Waals surface area (Å²) in [4.78, 5) is 37.9. The van der Waals surface area contributed by atoms with E-state index >= 15 is 0 Å². The normalized spacial score (nSPS) is 18.1. The van der Waals surface area contributed by atoms with Gasteiger partial charge in [0.15, 0.2) is 0 Å². The third kappa shape index (κ3) is 5.77. The zero-order valence-electron chi connectivity index (χ0n) is 24.6. The Kier molecular flexibility index (Phi) is 7.99. The minimum Gasteiger partial charge on any atom is -0.465 e. The van der Waals surface area contributed by atoms with E-state index in [1.807, 2.05) is 43.6 Å². The van der Waals surface area contributed by atoms with E-state index < -0.39 is 12.2 Å². The Bertz CT molecular complexity index is 1760. The van der Waals surface area contributed by atoms with Crippen molar-refractivity contribution in [2.45, 2.75) is 50.7 Å². The molecule has 1 aliphatic carbocycles. The molecule has 0 radical (unpaired) electrons. The number of amides is 1. The van der Waals surface area contributed by atoms with Crippen LogP contribution < -0.4 is 10.5 Å². The number of likely N-dealkylation sites (N-methyl/N-ethyl adjacent to an activating group) is 2. The Labute approximate surface area is 250 Å². The van der Waals surface area contributed by atoms with Gasteiger partial charge in [0.05, 0.1) is 35.2 Å². The lowest BCUT2D eigenvalue weighted by atomic mass is 9.91. The number of fused-ring (bicyclic) bond motifs is 3. The van der Waals surface area contributed by atoms with Crippen molar-refractivity contribution in [1.82, 2.24) is 19.4 Å². The van der Waals surface area contributed by atoms with Crippen molar-refractivity contribution in [2.75, 3.05) is 32.1 Å². The van der Waals surface area contributed by atoms with Gasteiger partial charge < -0.3 is 20.0 Å². The van der Waals surface area contributed by atoms with Gasteiger partial charge in [0, 0.05) is 44.5 Å². The number of hydrogen-bond donors (Lipinski definition) is 2. The molecule has 0 spiro atoms. The summed E-state index contributed by atoms with van der Waals surface area (Å²) in [5.74, 6) is 0. The molecule has 2 atom stereocenters. The fourth-order valence-corrected chi connectivity index (χ4v) is 6.36. The summed E-state index contributed by atoms with van der Waals surface area (Å²) in [6.45, 7) is 1.15. The molecule has 2 aromatic carbocycles. The SMILES string of the molecule is CN(CCc1cccc(-c2cc(Cc3cc4c(=O)n([C@H]5CCCC[C@@H]5O)cnc4c4c3C=CCN4C)ccn2)c1)C(=O)O. The molecule has 222 valence electrons. The molecule has 4 aromatic rings. The molecule has 0 saturated heterocycles. The second kappa shape index (κ2) is 12.0. The van der Waals surface area contributed by atoms with Crippen molar-refractivity contribution < 1.29 is 15.0 Å². The zero-order valence-corrected chi connectivity index (χ0v) is 24.6. The van der Waals surface area contributed by atoms with Crippen molar-refractivity contribution in [2.24, 2.45) is 0 Å². The molecule has 2 N–H and O–H groups in total. The van der Waals surface area contributed by atoms with Gasteiger partial charge in [-0.15, -0.1) is 0 Å². The van der Waals surface area contributed by atoms with E-state index in [0.717, 1.165) is 65.0 Å². The van der Waals surface area contributed by atoms with E-state index in [9.17, 15) is 14.7 Å². The van der Waals surface area contributed by atoms with E-state index in [1.165, 1.54) is 4.90 Å². The molecule has 0 unspecified atom stereocenters. The molecular formula is C34H37N5O4. The van der Waals surface area contributed by atoms with Crippen LogP contribution in [0.15, 0.2) is 65.9 Å². The highest BCUT2D eigenvalue weighted by atomic mass is 16.4. The maximum atomic E-state index is 13.9. The van der Waals surface area contributed by atoms with Crippen LogP contribution in [-0.2, 0) is 12.8 Å². The number of anilines is 1. The summed E-state index contributed by atoms with van der Waals surface area (Å²) in [5.41, 5.74) is 7.55. The second-order valence-electron chi connectivity index (χ2n) is 11.7. The van der Waals surface area contributed by atoms with Crippen LogP contribution in [0.25, 0.3) is 28.2 Å². The molecule has 43 heavy (non-hydrogen) atoms. The average molecular weight is 580 g/mol. The molecule has 9 heteroatoms. The van der Waals surface area contributed by atoms with Crippen molar-refractivity contribution >= 4 is 28.8 Å². The van der Waals surface area contributed by atoms with Gasteiger partial charge in [0.2, 0.25) is 0 Å². The molecule has 9 nitrogen and oxygen atoms in total. The van der Waals surface area contributed by atoms with Gasteiger partial charge in [-0.3, -0.25) is 14.3 Å². The number of carboxylic acid groups (broad SMARTS) is 1. The van der Waals surface area contributed by atoms with Crippen LogP contribution in [0.1, 0.15) is 54.0 Å². The third-order valence-electron chi connectivity index (χ3n) is 8.78. The minimum absolute atomic E-state index is 0.108. The first-order valence-electron chi connectivity index (χ1n) is 14.9. The lowest BCUT2D eigenvalue weighted by Crippen LogP contribution is -2.35. The first kappa shape index (κ1) is 28.6. The summed E-state index contributed by atoms with van der Waals surface area (Å²) in [6.07, 6.45) is 10.9. The first-order chi connectivity index (χ1) is 20.8. The molecule has 1 fully saturated rings. The number of benzene rings is 2. The van der Waals surface area contributed by atoms with Crippen LogP contribution in [0.4, 0.5) is 10.5 Å². The Balaban J connectivity index is 1.36. The number of aliphatic hydroxyl groups excluding tert-OH is 1. The maximum absolute atomic E-state index is 13.9. The summed E-state index contributed by atoms with van der Waals surface area (Å²) in [6, 6.07) is 13.9. The average Bonchev–Trinajstić information content (AvgIpc) is 3.01. The van der Waals surface area contributed by atoms with E-state index in [4.69, 9.17) is 10.1 Å². The summed E-state index contributed by atoms with van der Waals surface area (Å²) in [7, 11) is 3.59. The van der Waals surface area contributed by atoms with Gasteiger partial charge >= 0.3 is 6.09 Å². The molecule has 0 bridgehead atoms. The maximum Gasteiger partial charge on any atom is 0.407 e. The quantitative estimate of drug-likeness (QED) is 0.312. The summed E-state index contributed by atoms with van der Waals surface area (Å²) >= 11 is 0. The number of aliphatic hydroxyl groups is 1. The third-order valence-corrected chi connectivity index (χ3v) is 8.78. The number of pyridine rings is 1. The van der Waals surface area contributed by atoms with Gasteiger partial charge in [-0.25, -0.2) is 9.78 Å². The topological polar surface area (TPSA) is 112 Å². The zero-order chi connectivity index (χ0) is 30.1. The van der Waals surface area contributed by atoms with Gasteiger partial charge in [0.1, 0.15) is 5.52 Å². The predicted molar refractivity (Wildman–Crippen MR) is 169 cm³/mol. The van der Waals surface area contributed by atoms with E-state index in [0.29, 0.717) is 36.7 Å². The highest BCUT2D eigenvalue weighted by Gasteiger charge is 2.27. The van der Waals surface area contributed by atoms with Crippen LogP contribution in [0.2, 0.25) is 0 Å².